The molecule has 0 spiro atoms. The summed E-state index contributed by atoms with van der Waals surface area (Å²) in [6.07, 6.45) is 8.97. The van der Waals surface area contributed by atoms with Gasteiger partial charge in [-0.25, -0.2) is 4.79 Å². The second-order valence-electron chi connectivity index (χ2n) is 11.1. The van der Waals surface area contributed by atoms with Gasteiger partial charge in [-0.1, -0.05) is 6.08 Å². The van der Waals surface area contributed by atoms with Crippen molar-refractivity contribution in [3.05, 3.63) is 11.6 Å². The number of hydrogen-bond donors (Lipinski definition) is 2. The smallest absolute Gasteiger partial charge is 0.334 e. The Morgan fingerprint density at radius 1 is 1.25 bits per heavy atom. The minimum absolute atomic E-state index is 0.0368. The molecule has 4 rings (SSSR count). The van der Waals surface area contributed by atoms with Crippen LogP contribution in [0.3, 0.4) is 0 Å². The maximum atomic E-state index is 12.8. The minimum atomic E-state index is -0.771. The minimum Gasteiger partial charge on any atom is -0.462 e. The van der Waals surface area contributed by atoms with Crippen LogP contribution < -0.4 is 11.1 Å². The molecule has 32 heavy (non-hydrogen) atoms. The van der Waals surface area contributed by atoms with E-state index >= 15 is 0 Å². The van der Waals surface area contributed by atoms with E-state index in [1.165, 1.54) is 0 Å². The molecule has 3 saturated heterocycles. The molecule has 7 nitrogen and oxygen atoms in total. The van der Waals surface area contributed by atoms with Crippen LogP contribution in [0.5, 0.6) is 0 Å². The number of rotatable bonds is 5. The van der Waals surface area contributed by atoms with Crippen molar-refractivity contribution in [2.24, 2.45) is 23.5 Å². The quantitative estimate of drug-likeness (QED) is 0.492. The number of fused-ring (bicyclic) bond motifs is 2. The molecule has 4 N–H and O–H groups in total. The molecule has 7 unspecified atom stereocenters. The first-order valence-electron chi connectivity index (χ1n) is 12.4. The van der Waals surface area contributed by atoms with E-state index in [4.69, 9.17) is 19.9 Å². The molecule has 0 aromatic rings. The highest BCUT2D eigenvalue weighted by Crippen LogP contribution is 2.54. The summed E-state index contributed by atoms with van der Waals surface area (Å²) in [5.41, 5.74) is 5.40. The van der Waals surface area contributed by atoms with E-state index in [0.717, 1.165) is 51.5 Å². The van der Waals surface area contributed by atoms with E-state index in [2.05, 4.69) is 5.32 Å². The third-order valence-electron chi connectivity index (χ3n) is 8.59. The van der Waals surface area contributed by atoms with Crippen molar-refractivity contribution in [1.29, 1.82) is 0 Å². The lowest BCUT2D eigenvalue weighted by molar-refractivity contribution is -0.703. The number of piperidine rings is 1. The molecule has 0 radical (unpaired) electrons. The molecule has 1 saturated carbocycles. The molecule has 4 fully saturated rings. The second kappa shape index (κ2) is 9.07. The monoisotopic (exact) mass is 449 g/mol. The Kier molecular flexibility index (Phi) is 6.72. The van der Waals surface area contributed by atoms with Crippen molar-refractivity contribution >= 4 is 11.9 Å². The summed E-state index contributed by atoms with van der Waals surface area (Å²) in [5, 5.41) is 2.22. The lowest BCUT2D eigenvalue weighted by Crippen LogP contribution is -2.95. The predicted octanol–water partition coefficient (Wildman–Crippen LogP) is 2.18. The average Bonchev–Trinajstić information content (AvgIpc) is 3.11. The summed E-state index contributed by atoms with van der Waals surface area (Å²) in [7, 11) is 0. The Morgan fingerprint density at radius 2 is 2.03 bits per heavy atom. The molecule has 4 aliphatic rings. The normalized spacial score (nSPS) is 40.3. The van der Waals surface area contributed by atoms with Crippen molar-refractivity contribution in [3.63, 3.8) is 0 Å². The van der Waals surface area contributed by atoms with Gasteiger partial charge in [-0.15, -0.1) is 0 Å². The highest BCUT2D eigenvalue weighted by atomic mass is 16.6. The van der Waals surface area contributed by atoms with E-state index < -0.39 is 11.2 Å². The van der Waals surface area contributed by atoms with Crippen molar-refractivity contribution in [1.82, 2.24) is 0 Å². The zero-order chi connectivity index (χ0) is 23.1. The molecule has 180 valence electrons. The number of ether oxygens (including phenoxy) is 3. The van der Waals surface area contributed by atoms with Gasteiger partial charge in [0.1, 0.15) is 23.5 Å². The Bertz CT molecular complexity index is 757. The van der Waals surface area contributed by atoms with Crippen LogP contribution in [0.1, 0.15) is 79.1 Å². The highest BCUT2D eigenvalue weighted by molar-refractivity contribution is 5.88. The van der Waals surface area contributed by atoms with Crippen LogP contribution in [0, 0.1) is 17.8 Å². The first kappa shape index (κ1) is 23.7. The van der Waals surface area contributed by atoms with Crippen molar-refractivity contribution in [3.8, 4) is 0 Å². The van der Waals surface area contributed by atoms with E-state index in [1.807, 2.05) is 20.8 Å². The van der Waals surface area contributed by atoms with Gasteiger partial charge in [-0.05, 0) is 71.6 Å². The van der Waals surface area contributed by atoms with Gasteiger partial charge in [0.2, 0.25) is 0 Å². The van der Waals surface area contributed by atoms with Crippen LogP contribution in [0.2, 0.25) is 0 Å². The van der Waals surface area contributed by atoms with Crippen LogP contribution in [0.4, 0.5) is 0 Å². The number of esters is 2. The van der Waals surface area contributed by atoms with Gasteiger partial charge >= 0.3 is 11.9 Å². The first-order chi connectivity index (χ1) is 15.1. The fourth-order valence-corrected chi connectivity index (χ4v) is 6.38. The van der Waals surface area contributed by atoms with Gasteiger partial charge in [0, 0.05) is 30.8 Å². The SMILES string of the molecule is CC=C(C)C(=O)OC(C)(C)C1(CC2CCC(N)[NH2+]C2)CC2CC3CCC(=O)OC3CC2O1. The van der Waals surface area contributed by atoms with Gasteiger partial charge in [-0.2, -0.15) is 0 Å². The van der Waals surface area contributed by atoms with Crippen molar-refractivity contribution in [2.45, 2.75) is 109 Å². The van der Waals surface area contributed by atoms with E-state index in [-0.39, 0.29) is 30.3 Å². The van der Waals surface area contributed by atoms with Crippen LogP contribution in [0.15, 0.2) is 11.6 Å². The largest absolute Gasteiger partial charge is 0.462 e. The number of carbonyl (C=O) groups is 2. The van der Waals surface area contributed by atoms with E-state index in [9.17, 15) is 9.59 Å². The van der Waals surface area contributed by atoms with Gasteiger partial charge in [0.05, 0.1) is 12.6 Å². The summed E-state index contributed by atoms with van der Waals surface area (Å²) < 4.78 is 18.7. The van der Waals surface area contributed by atoms with Crippen LogP contribution >= 0.6 is 0 Å². The topological polar surface area (TPSA) is 104 Å². The number of allylic oxidation sites excluding steroid dienone is 1. The number of quaternary nitrogens is 1. The molecular formula is C25H41N2O5+. The maximum Gasteiger partial charge on any atom is 0.334 e. The molecule has 3 aliphatic heterocycles. The fourth-order valence-electron chi connectivity index (χ4n) is 6.38. The summed E-state index contributed by atoms with van der Waals surface area (Å²) in [4.78, 5) is 24.6. The first-order valence-corrected chi connectivity index (χ1v) is 12.4. The number of carbonyl (C=O) groups excluding carboxylic acids is 2. The molecular weight excluding hydrogens is 408 g/mol. The maximum absolute atomic E-state index is 12.8. The molecule has 0 aromatic heterocycles. The Hall–Kier alpha value is -1.44. The Labute approximate surface area is 191 Å². The second-order valence-corrected chi connectivity index (χ2v) is 11.1. The third-order valence-corrected chi connectivity index (χ3v) is 8.59. The highest BCUT2D eigenvalue weighted by Gasteiger charge is 2.60. The molecule has 3 heterocycles. The lowest BCUT2D eigenvalue weighted by Gasteiger charge is -2.45. The summed E-state index contributed by atoms with van der Waals surface area (Å²) in [6.45, 7) is 8.64. The van der Waals surface area contributed by atoms with Crippen molar-refractivity contribution in [2.75, 3.05) is 6.54 Å². The van der Waals surface area contributed by atoms with Crippen LogP contribution in [-0.4, -0.2) is 48.1 Å². The van der Waals surface area contributed by atoms with Gasteiger partial charge in [-0.3, -0.25) is 10.5 Å². The van der Waals surface area contributed by atoms with Crippen LogP contribution in [-0.2, 0) is 23.8 Å². The Balaban J connectivity index is 1.57. The molecule has 7 heteroatoms. The fraction of sp³-hybridized carbons (Fsp3) is 0.840. The molecule has 0 amide bonds. The third kappa shape index (κ3) is 4.62. The number of nitrogens with two attached hydrogens (primary N) is 2. The summed E-state index contributed by atoms with van der Waals surface area (Å²) >= 11 is 0. The van der Waals surface area contributed by atoms with Gasteiger partial charge in [0.25, 0.3) is 0 Å². The molecule has 0 aromatic carbocycles. The molecule has 7 atom stereocenters. The summed E-state index contributed by atoms with van der Waals surface area (Å²) in [5.74, 6) is 0.930. The standard InChI is InChI=1S/C25H40N2O5/c1-5-15(2)23(29)32-24(3,4)25(12-16-6-8-21(26)27-14-16)13-18-10-17-7-9-22(28)30-19(17)11-20(18)31-25/h5,16-21,27H,6-14,26H2,1-4H3/p+1. The van der Waals surface area contributed by atoms with E-state index in [0.29, 0.717) is 29.7 Å². The molecule has 0 bridgehead atoms. The van der Waals surface area contributed by atoms with Crippen molar-refractivity contribution < 1.29 is 29.1 Å². The average molecular weight is 450 g/mol. The predicted molar refractivity (Wildman–Crippen MR) is 119 cm³/mol. The zero-order valence-electron chi connectivity index (χ0n) is 20.1. The summed E-state index contributed by atoms with van der Waals surface area (Å²) in [6, 6.07) is 0. The number of hydrogen-bond acceptors (Lipinski definition) is 6. The lowest BCUT2D eigenvalue weighted by atomic mass is 9.69. The van der Waals surface area contributed by atoms with E-state index in [1.54, 1.807) is 13.0 Å². The zero-order valence-corrected chi connectivity index (χ0v) is 20.1. The Morgan fingerprint density at radius 3 is 2.72 bits per heavy atom. The molecule has 1 aliphatic carbocycles. The van der Waals surface area contributed by atoms with Gasteiger partial charge in [0.15, 0.2) is 0 Å². The van der Waals surface area contributed by atoms with Gasteiger partial charge < -0.3 is 19.5 Å². The van der Waals surface area contributed by atoms with Crippen LogP contribution in [0.25, 0.3) is 0 Å².